The van der Waals surface area contributed by atoms with Gasteiger partial charge in [-0.15, -0.1) is 0 Å². The molecular weight excluding hydrogens is 418 g/mol. The Labute approximate surface area is 204 Å². The van der Waals surface area contributed by atoms with Crippen LogP contribution in [0.3, 0.4) is 0 Å². The summed E-state index contributed by atoms with van der Waals surface area (Å²) < 4.78 is 1.93. The Morgan fingerprint density at radius 3 is 2.35 bits per heavy atom. The van der Waals surface area contributed by atoms with Gasteiger partial charge in [-0.05, 0) is 81.3 Å². The zero-order valence-corrected chi connectivity index (χ0v) is 21.3. The number of hydrogen-bond donors (Lipinski definition) is 0. The molecule has 2 atom stereocenters. The van der Waals surface area contributed by atoms with Gasteiger partial charge >= 0.3 is 0 Å². The first-order valence-corrected chi connectivity index (χ1v) is 13.0. The van der Waals surface area contributed by atoms with Crippen LogP contribution in [0.4, 0.5) is 0 Å². The molecule has 0 saturated carbocycles. The van der Waals surface area contributed by atoms with Crippen LogP contribution in [0.1, 0.15) is 71.8 Å². The summed E-state index contributed by atoms with van der Waals surface area (Å²) in [5.41, 5.74) is 3.05. The number of fused-ring (bicyclic) bond motifs is 1. The van der Waals surface area contributed by atoms with Crippen molar-refractivity contribution in [1.29, 1.82) is 5.26 Å². The number of piperidine rings is 1. The van der Waals surface area contributed by atoms with E-state index in [1.807, 2.05) is 54.8 Å². The Hall–Kier alpha value is -2.90. The van der Waals surface area contributed by atoms with Crippen LogP contribution < -0.4 is 5.56 Å². The first-order chi connectivity index (χ1) is 16.6. The number of nitrogens with zero attached hydrogens (tertiary/aromatic N) is 3. The molecule has 4 heteroatoms. The highest BCUT2D eigenvalue weighted by Crippen LogP contribution is 2.24. The third-order valence-electron chi connectivity index (χ3n) is 6.98. The third kappa shape index (κ3) is 5.96. The molecule has 34 heavy (non-hydrogen) atoms. The van der Waals surface area contributed by atoms with Crippen molar-refractivity contribution in [3.8, 4) is 17.2 Å². The van der Waals surface area contributed by atoms with Crippen LogP contribution in [0.2, 0.25) is 0 Å². The topological polar surface area (TPSA) is 49.0 Å². The van der Waals surface area contributed by atoms with Crippen LogP contribution in [-0.2, 0) is 6.54 Å². The lowest BCUT2D eigenvalue weighted by Crippen LogP contribution is -2.44. The maximum absolute atomic E-state index is 13.5. The molecule has 1 fully saturated rings. The number of pyridine rings is 1. The van der Waals surface area contributed by atoms with Gasteiger partial charge in [0.15, 0.2) is 0 Å². The predicted octanol–water partition coefficient (Wildman–Crippen LogP) is 7.00. The molecule has 0 bridgehead atoms. The molecule has 1 aromatic heterocycles. The lowest BCUT2D eigenvalue weighted by Gasteiger charge is -2.39. The van der Waals surface area contributed by atoms with Crippen molar-refractivity contribution in [2.75, 3.05) is 6.54 Å². The smallest absolute Gasteiger partial charge is 0.258 e. The average Bonchev–Trinajstić information content (AvgIpc) is 2.87. The Morgan fingerprint density at radius 2 is 1.62 bits per heavy atom. The lowest BCUT2D eigenvalue weighted by atomic mass is 9.97. The lowest BCUT2D eigenvalue weighted by molar-refractivity contribution is 0.101. The largest absolute Gasteiger partial charge is 0.308 e. The van der Waals surface area contributed by atoms with Crippen molar-refractivity contribution in [2.24, 2.45) is 0 Å². The minimum Gasteiger partial charge on any atom is -0.308 e. The van der Waals surface area contributed by atoms with E-state index >= 15 is 0 Å². The van der Waals surface area contributed by atoms with E-state index in [9.17, 15) is 10.1 Å². The highest BCUT2D eigenvalue weighted by molar-refractivity contribution is 5.84. The molecule has 1 aliphatic heterocycles. The highest BCUT2D eigenvalue weighted by atomic mass is 16.1. The zero-order valence-electron chi connectivity index (χ0n) is 21.3. The standard InChI is InChI=1S/C28H33N3O.C2H6/c1-21-10-8-11-22(2)30(21)16-6-3-7-17-31-27-15-5-4-13-25(27)19-26(28(31)32)24-14-9-12-23(18-24)20-29;1-2/h4-5,9,12-15,18-19,21-22H,3,6-8,10-11,16-17H2,1-2H3;1-2H3. The summed E-state index contributed by atoms with van der Waals surface area (Å²) in [5.74, 6) is 0. The Morgan fingerprint density at radius 1 is 0.912 bits per heavy atom. The second kappa shape index (κ2) is 12.5. The van der Waals surface area contributed by atoms with Crippen molar-refractivity contribution in [3.05, 3.63) is 70.5 Å². The number of nitriles is 1. The van der Waals surface area contributed by atoms with Crippen LogP contribution in [0.15, 0.2) is 59.4 Å². The van der Waals surface area contributed by atoms with Gasteiger partial charge in [-0.25, -0.2) is 0 Å². The first-order valence-electron chi connectivity index (χ1n) is 13.0. The van der Waals surface area contributed by atoms with Gasteiger partial charge in [0.2, 0.25) is 0 Å². The molecule has 0 spiro atoms. The van der Waals surface area contributed by atoms with E-state index in [1.54, 1.807) is 12.1 Å². The van der Waals surface area contributed by atoms with Crippen LogP contribution in [0.5, 0.6) is 0 Å². The first kappa shape index (κ1) is 25.7. The van der Waals surface area contributed by atoms with Crippen molar-refractivity contribution in [1.82, 2.24) is 9.47 Å². The molecule has 0 amide bonds. The van der Waals surface area contributed by atoms with Gasteiger partial charge in [-0.1, -0.05) is 57.0 Å². The maximum Gasteiger partial charge on any atom is 0.258 e. The number of benzene rings is 2. The number of aryl methyl sites for hydroxylation is 1. The van der Waals surface area contributed by atoms with Crippen molar-refractivity contribution in [3.63, 3.8) is 0 Å². The molecule has 180 valence electrons. The number of likely N-dealkylation sites (tertiary alicyclic amines) is 1. The molecule has 2 unspecified atom stereocenters. The number of para-hydroxylation sites is 1. The number of unbranched alkanes of at least 4 members (excludes halogenated alkanes) is 2. The fourth-order valence-electron chi connectivity index (χ4n) is 5.17. The fraction of sp³-hybridized carbons (Fsp3) is 0.467. The second-order valence-electron chi connectivity index (χ2n) is 9.19. The van der Waals surface area contributed by atoms with Gasteiger partial charge in [-0.3, -0.25) is 9.69 Å². The summed E-state index contributed by atoms with van der Waals surface area (Å²) in [6, 6.07) is 20.9. The number of aromatic nitrogens is 1. The van der Waals surface area contributed by atoms with E-state index < -0.39 is 0 Å². The quantitative estimate of drug-likeness (QED) is 0.359. The minimum absolute atomic E-state index is 0.0251. The molecule has 0 N–H and O–H groups in total. The molecule has 2 heterocycles. The van der Waals surface area contributed by atoms with Gasteiger partial charge in [0.25, 0.3) is 5.56 Å². The second-order valence-corrected chi connectivity index (χ2v) is 9.19. The van der Waals surface area contributed by atoms with Gasteiger partial charge in [-0.2, -0.15) is 5.26 Å². The Balaban J connectivity index is 0.00000158. The van der Waals surface area contributed by atoms with Crippen LogP contribution in [0.25, 0.3) is 22.0 Å². The van der Waals surface area contributed by atoms with E-state index in [1.165, 1.54) is 25.7 Å². The fourth-order valence-corrected chi connectivity index (χ4v) is 5.17. The zero-order chi connectivity index (χ0) is 24.5. The summed E-state index contributed by atoms with van der Waals surface area (Å²) in [5, 5.41) is 10.3. The van der Waals surface area contributed by atoms with Crippen LogP contribution >= 0.6 is 0 Å². The van der Waals surface area contributed by atoms with Crippen molar-refractivity contribution in [2.45, 2.75) is 84.8 Å². The molecule has 2 aromatic carbocycles. The third-order valence-corrected chi connectivity index (χ3v) is 6.98. The summed E-state index contributed by atoms with van der Waals surface area (Å²) in [7, 11) is 0. The van der Waals surface area contributed by atoms with Crippen LogP contribution in [0, 0.1) is 11.3 Å². The van der Waals surface area contributed by atoms with Gasteiger partial charge in [0, 0.05) is 24.2 Å². The summed E-state index contributed by atoms with van der Waals surface area (Å²) >= 11 is 0. The van der Waals surface area contributed by atoms with E-state index in [0.29, 0.717) is 23.2 Å². The van der Waals surface area contributed by atoms with E-state index in [0.717, 1.165) is 42.4 Å². The number of rotatable bonds is 7. The molecule has 3 aromatic rings. The molecule has 1 saturated heterocycles. The van der Waals surface area contributed by atoms with E-state index in [4.69, 9.17) is 0 Å². The van der Waals surface area contributed by atoms with Crippen LogP contribution in [-0.4, -0.2) is 28.1 Å². The normalized spacial score (nSPS) is 18.2. The molecule has 1 aliphatic rings. The van der Waals surface area contributed by atoms with Crippen molar-refractivity contribution < 1.29 is 0 Å². The van der Waals surface area contributed by atoms with Gasteiger partial charge in [0.1, 0.15) is 0 Å². The highest BCUT2D eigenvalue weighted by Gasteiger charge is 2.23. The molecule has 0 radical (unpaired) electrons. The van der Waals surface area contributed by atoms with Gasteiger partial charge in [0.05, 0.1) is 17.1 Å². The predicted molar refractivity (Wildman–Crippen MR) is 143 cm³/mol. The Kier molecular flexibility index (Phi) is 9.48. The average molecular weight is 458 g/mol. The van der Waals surface area contributed by atoms with Gasteiger partial charge < -0.3 is 4.57 Å². The molecule has 4 rings (SSSR count). The monoisotopic (exact) mass is 457 g/mol. The van der Waals surface area contributed by atoms with E-state index in [2.05, 4.69) is 30.9 Å². The van der Waals surface area contributed by atoms with Crippen molar-refractivity contribution >= 4 is 10.9 Å². The molecule has 0 aliphatic carbocycles. The summed E-state index contributed by atoms with van der Waals surface area (Å²) in [6.45, 7) is 10.6. The minimum atomic E-state index is 0.0251. The summed E-state index contributed by atoms with van der Waals surface area (Å²) in [6.07, 6.45) is 7.25. The SMILES string of the molecule is CC.CC1CCCC(C)N1CCCCCn1c(=O)c(-c2cccc(C#N)c2)cc2ccccc21. The van der Waals surface area contributed by atoms with E-state index in [-0.39, 0.29) is 5.56 Å². The molecular formula is C30H39N3O. The molecule has 4 nitrogen and oxygen atoms in total. The Bertz CT molecular complexity index is 1160. The maximum atomic E-state index is 13.5. The number of hydrogen-bond acceptors (Lipinski definition) is 3. The summed E-state index contributed by atoms with van der Waals surface area (Å²) in [4.78, 5) is 16.1.